The van der Waals surface area contributed by atoms with Crippen molar-refractivity contribution in [1.82, 2.24) is 0 Å². The van der Waals surface area contributed by atoms with Crippen molar-refractivity contribution in [2.75, 3.05) is 22.1 Å². The molecule has 2 N–H and O–H groups in total. The number of nitrogens with one attached hydrogen (secondary N) is 2. The minimum absolute atomic E-state index is 0.0647. The maximum absolute atomic E-state index is 12.8. The van der Waals surface area contributed by atoms with Crippen LogP contribution in [0.4, 0.5) is 17.1 Å². The molecule has 0 aliphatic carbocycles. The molecule has 1 atom stereocenters. The number of nitrogens with zero attached hydrogens (tertiary/aromatic N) is 1. The van der Waals surface area contributed by atoms with Gasteiger partial charge in [0.05, 0.1) is 17.3 Å². The lowest BCUT2D eigenvalue weighted by atomic mass is 10.1. The van der Waals surface area contributed by atoms with Gasteiger partial charge in [0.15, 0.2) is 0 Å². The van der Waals surface area contributed by atoms with E-state index in [0.717, 1.165) is 21.3 Å². The molecule has 7 heteroatoms. The normalized spacial score (nSPS) is 16.2. The zero-order valence-electron chi connectivity index (χ0n) is 16.0. The Kier molecular flexibility index (Phi) is 5.84. The number of hydrogen-bond acceptors (Lipinski definition) is 3. The van der Waals surface area contributed by atoms with Crippen LogP contribution in [0, 0.1) is 19.8 Å². The highest BCUT2D eigenvalue weighted by atomic mass is 79.9. The molecular formula is C21H22BrN3O3. The van der Waals surface area contributed by atoms with Crippen LogP contribution in [-0.4, -0.2) is 24.3 Å². The molecule has 1 aliphatic rings. The second kappa shape index (κ2) is 8.14. The van der Waals surface area contributed by atoms with Gasteiger partial charge in [0.1, 0.15) is 0 Å². The summed E-state index contributed by atoms with van der Waals surface area (Å²) in [6.45, 7) is 5.72. The molecule has 1 fully saturated rings. The van der Waals surface area contributed by atoms with Crippen LogP contribution < -0.4 is 15.5 Å². The Bertz CT molecular complexity index is 958. The van der Waals surface area contributed by atoms with E-state index in [2.05, 4.69) is 26.6 Å². The lowest BCUT2D eigenvalue weighted by Crippen LogP contribution is -2.29. The van der Waals surface area contributed by atoms with Crippen LogP contribution in [0.3, 0.4) is 0 Å². The second-order valence-electron chi connectivity index (χ2n) is 6.98. The molecule has 28 heavy (non-hydrogen) atoms. The van der Waals surface area contributed by atoms with E-state index < -0.39 is 5.92 Å². The molecule has 0 saturated carbocycles. The van der Waals surface area contributed by atoms with Crippen LogP contribution in [0.2, 0.25) is 0 Å². The van der Waals surface area contributed by atoms with Crippen molar-refractivity contribution in [1.29, 1.82) is 0 Å². The fraction of sp³-hybridized carbons (Fsp3) is 0.286. The van der Waals surface area contributed by atoms with E-state index in [1.54, 1.807) is 23.1 Å². The van der Waals surface area contributed by atoms with Crippen molar-refractivity contribution in [2.24, 2.45) is 5.92 Å². The maximum atomic E-state index is 12.8. The van der Waals surface area contributed by atoms with Crippen molar-refractivity contribution >= 4 is 50.7 Å². The molecule has 2 aromatic carbocycles. The lowest BCUT2D eigenvalue weighted by Gasteiger charge is -2.20. The predicted octanol–water partition coefficient (Wildman–Crippen LogP) is 4.02. The van der Waals surface area contributed by atoms with Gasteiger partial charge in [0.25, 0.3) is 0 Å². The zero-order valence-corrected chi connectivity index (χ0v) is 17.6. The van der Waals surface area contributed by atoms with Gasteiger partial charge in [-0.05, 0) is 49.2 Å². The van der Waals surface area contributed by atoms with Gasteiger partial charge in [-0.3, -0.25) is 14.4 Å². The zero-order chi connectivity index (χ0) is 20.4. The van der Waals surface area contributed by atoms with Gasteiger partial charge in [-0.15, -0.1) is 0 Å². The van der Waals surface area contributed by atoms with E-state index in [4.69, 9.17) is 0 Å². The first kappa shape index (κ1) is 20.1. The number of aryl methyl sites for hydroxylation is 1. The highest BCUT2D eigenvalue weighted by Gasteiger charge is 2.36. The quantitative estimate of drug-likeness (QED) is 0.748. The third-order valence-corrected chi connectivity index (χ3v) is 5.41. The molecule has 0 bridgehead atoms. The highest BCUT2D eigenvalue weighted by Crippen LogP contribution is 2.31. The second-order valence-corrected chi connectivity index (χ2v) is 7.90. The minimum Gasteiger partial charge on any atom is -0.325 e. The van der Waals surface area contributed by atoms with E-state index in [1.807, 2.05) is 32.0 Å². The molecule has 3 rings (SSSR count). The fourth-order valence-corrected chi connectivity index (χ4v) is 3.66. The first-order chi connectivity index (χ1) is 13.3. The van der Waals surface area contributed by atoms with Gasteiger partial charge in [-0.25, -0.2) is 0 Å². The summed E-state index contributed by atoms with van der Waals surface area (Å²) >= 11 is 3.37. The molecule has 0 spiro atoms. The van der Waals surface area contributed by atoms with Gasteiger partial charge >= 0.3 is 0 Å². The largest absolute Gasteiger partial charge is 0.325 e. The summed E-state index contributed by atoms with van der Waals surface area (Å²) in [6.07, 6.45) is 0.155. The topological polar surface area (TPSA) is 78.5 Å². The number of anilines is 3. The number of benzene rings is 2. The van der Waals surface area contributed by atoms with Gasteiger partial charge in [-0.1, -0.05) is 28.1 Å². The molecule has 0 aromatic heterocycles. The summed E-state index contributed by atoms with van der Waals surface area (Å²) in [6, 6.07) is 11.0. The summed E-state index contributed by atoms with van der Waals surface area (Å²) in [4.78, 5) is 38.5. The fourth-order valence-electron chi connectivity index (χ4n) is 3.30. The van der Waals surface area contributed by atoms with Crippen LogP contribution in [-0.2, 0) is 14.4 Å². The van der Waals surface area contributed by atoms with Crippen molar-refractivity contribution in [3.05, 3.63) is 52.0 Å². The van der Waals surface area contributed by atoms with Gasteiger partial charge < -0.3 is 15.5 Å². The molecular weight excluding hydrogens is 422 g/mol. The summed E-state index contributed by atoms with van der Waals surface area (Å²) in [5, 5.41) is 5.56. The molecule has 0 radical (unpaired) electrons. The van der Waals surface area contributed by atoms with Gasteiger partial charge in [0, 0.05) is 30.0 Å². The van der Waals surface area contributed by atoms with E-state index in [1.165, 1.54) is 6.92 Å². The lowest BCUT2D eigenvalue weighted by molar-refractivity contribution is -0.122. The van der Waals surface area contributed by atoms with E-state index >= 15 is 0 Å². The minimum atomic E-state index is -0.462. The maximum Gasteiger partial charge on any atom is 0.229 e. The van der Waals surface area contributed by atoms with Crippen LogP contribution >= 0.6 is 15.9 Å². The van der Waals surface area contributed by atoms with Crippen LogP contribution in [0.25, 0.3) is 0 Å². The summed E-state index contributed by atoms with van der Waals surface area (Å²) in [7, 11) is 0. The van der Waals surface area contributed by atoms with Crippen LogP contribution in [0.15, 0.2) is 40.9 Å². The van der Waals surface area contributed by atoms with E-state index in [-0.39, 0.29) is 24.1 Å². The smallest absolute Gasteiger partial charge is 0.229 e. The molecule has 1 aliphatic heterocycles. The van der Waals surface area contributed by atoms with E-state index in [9.17, 15) is 14.4 Å². The Balaban J connectivity index is 1.78. The monoisotopic (exact) mass is 443 g/mol. The van der Waals surface area contributed by atoms with Crippen molar-refractivity contribution in [3.63, 3.8) is 0 Å². The predicted molar refractivity (Wildman–Crippen MR) is 113 cm³/mol. The first-order valence-corrected chi connectivity index (χ1v) is 9.80. The Morgan fingerprint density at radius 2 is 1.86 bits per heavy atom. The van der Waals surface area contributed by atoms with Gasteiger partial charge in [-0.2, -0.15) is 0 Å². The summed E-state index contributed by atoms with van der Waals surface area (Å²) < 4.78 is 0.774. The average Bonchev–Trinajstić information content (AvgIpc) is 3.01. The van der Waals surface area contributed by atoms with Gasteiger partial charge in [0.2, 0.25) is 17.7 Å². The number of carbonyl (C=O) groups excluding carboxylic acids is 3. The number of rotatable bonds is 4. The van der Waals surface area contributed by atoms with Crippen LogP contribution in [0.1, 0.15) is 24.5 Å². The third kappa shape index (κ3) is 4.25. The highest BCUT2D eigenvalue weighted by molar-refractivity contribution is 9.10. The summed E-state index contributed by atoms with van der Waals surface area (Å²) in [5.41, 5.74) is 4.00. The number of halogens is 1. The van der Waals surface area contributed by atoms with Crippen molar-refractivity contribution in [3.8, 4) is 0 Å². The Labute approximate surface area is 172 Å². The Morgan fingerprint density at radius 1 is 1.11 bits per heavy atom. The van der Waals surface area contributed by atoms with Crippen molar-refractivity contribution < 1.29 is 14.4 Å². The molecule has 3 amide bonds. The van der Waals surface area contributed by atoms with Crippen LogP contribution in [0.5, 0.6) is 0 Å². The molecule has 2 aromatic rings. The van der Waals surface area contributed by atoms with E-state index in [0.29, 0.717) is 17.9 Å². The number of carbonyl (C=O) groups is 3. The Morgan fingerprint density at radius 3 is 2.57 bits per heavy atom. The third-order valence-electron chi connectivity index (χ3n) is 4.91. The number of hydrogen-bond donors (Lipinski definition) is 2. The Hall–Kier alpha value is -2.67. The van der Waals surface area contributed by atoms with Crippen molar-refractivity contribution in [2.45, 2.75) is 27.2 Å². The summed E-state index contributed by atoms with van der Waals surface area (Å²) in [5.74, 6) is -0.998. The molecule has 146 valence electrons. The number of amides is 3. The average molecular weight is 444 g/mol. The first-order valence-electron chi connectivity index (χ1n) is 9.01. The molecule has 1 heterocycles. The molecule has 1 unspecified atom stereocenters. The molecule has 6 nitrogen and oxygen atoms in total. The standard InChI is InChI=1S/C21H22BrN3O3/c1-12-5-4-6-19(13(12)2)25-11-15(9-20(25)27)21(28)24-18-10-16(22)7-8-17(18)23-14(3)26/h4-8,10,15H,9,11H2,1-3H3,(H,23,26)(H,24,28). The molecule has 1 saturated heterocycles. The SMILES string of the molecule is CC(=O)Nc1ccc(Br)cc1NC(=O)C1CC(=O)N(c2cccc(C)c2C)C1.